The van der Waals surface area contributed by atoms with Crippen molar-refractivity contribution in [3.05, 3.63) is 35.5 Å². The van der Waals surface area contributed by atoms with Gasteiger partial charge in [-0.15, -0.1) is 10.2 Å². The molecule has 5 heteroatoms. The van der Waals surface area contributed by atoms with Gasteiger partial charge in [0.05, 0.1) is 5.52 Å². The summed E-state index contributed by atoms with van der Waals surface area (Å²) < 4.78 is 0. The SMILES string of the molecule is CCNc1nnc(-c2cc(C)nc3c(CC)cccc23)s1. The molecule has 0 aliphatic heterocycles. The number of aromatic nitrogens is 3. The molecule has 4 nitrogen and oxygen atoms in total. The van der Waals surface area contributed by atoms with Gasteiger partial charge >= 0.3 is 0 Å². The maximum absolute atomic E-state index is 4.72. The van der Waals surface area contributed by atoms with E-state index in [4.69, 9.17) is 4.98 Å². The Bertz CT molecular complexity index is 779. The van der Waals surface area contributed by atoms with Crippen LogP contribution in [-0.2, 0) is 6.42 Å². The van der Waals surface area contributed by atoms with E-state index in [9.17, 15) is 0 Å². The molecule has 0 bridgehead atoms. The lowest BCUT2D eigenvalue weighted by Crippen LogP contribution is -1.94. The molecule has 2 aromatic heterocycles. The summed E-state index contributed by atoms with van der Waals surface area (Å²) in [6.45, 7) is 7.10. The zero-order valence-corrected chi connectivity index (χ0v) is 13.3. The average Bonchev–Trinajstić information content (AvgIpc) is 2.94. The number of hydrogen-bond donors (Lipinski definition) is 1. The van der Waals surface area contributed by atoms with Crippen LogP contribution in [0, 0.1) is 6.92 Å². The maximum atomic E-state index is 4.72. The third-order valence-electron chi connectivity index (χ3n) is 3.42. The van der Waals surface area contributed by atoms with Gasteiger partial charge < -0.3 is 5.32 Å². The second-order valence-electron chi connectivity index (χ2n) is 4.92. The van der Waals surface area contributed by atoms with Gasteiger partial charge in [-0.2, -0.15) is 0 Å². The first-order valence-corrected chi connectivity index (χ1v) is 8.01. The molecule has 3 aromatic rings. The van der Waals surface area contributed by atoms with Gasteiger partial charge in [-0.1, -0.05) is 36.5 Å². The van der Waals surface area contributed by atoms with Crippen molar-refractivity contribution in [3.8, 4) is 10.6 Å². The Morgan fingerprint density at radius 3 is 2.81 bits per heavy atom. The molecular formula is C16H18N4S. The molecule has 0 radical (unpaired) electrons. The summed E-state index contributed by atoms with van der Waals surface area (Å²) in [5.74, 6) is 0. The van der Waals surface area contributed by atoms with Crippen molar-refractivity contribution in [2.24, 2.45) is 0 Å². The minimum absolute atomic E-state index is 0.852. The molecule has 0 amide bonds. The van der Waals surface area contributed by atoms with Crippen molar-refractivity contribution in [1.82, 2.24) is 15.2 Å². The summed E-state index contributed by atoms with van der Waals surface area (Å²) in [4.78, 5) is 4.72. The molecule has 3 rings (SSSR count). The number of hydrogen-bond acceptors (Lipinski definition) is 5. The van der Waals surface area contributed by atoms with Crippen LogP contribution in [0.5, 0.6) is 0 Å². The minimum Gasteiger partial charge on any atom is -0.360 e. The van der Waals surface area contributed by atoms with E-state index in [0.717, 1.165) is 45.3 Å². The van der Waals surface area contributed by atoms with Crippen LogP contribution < -0.4 is 5.32 Å². The summed E-state index contributed by atoms with van der Waals surface area (Å²) in [5.41, 5.74) is 4.48. The van der Waals surface area contributed by atoms with Crippen LogP contribution in [-0.4, -0.2) is 21.7 Å². The third kappa shape index (κ3) is 2.61. The van der Waals surface area contributed by atoms with Gasteiger partial charge in [0.15, 0.2) is 0 Å². The summed E-state index contributed by atoms with van der Waals surface area (Å²) in [6, 6.07) is 8.44. The summed E-state index contributed by atoms with van der Waals surface area (Å²) >= 11 is 1.59. The molecule has 0 spiro atoms. The minimum atomic E-state index is 0.852. The van der Waals surface area contributed by atoms with Gasteiger partial charge in [-0.3, -0.25) is 4.98 Å². The predicted octanol–water partition coefficient (Wildman–Crippen LogP) is 4.06. The molecule has 1 N–H and O–H groups in total. The summed E-state index contributed by atoms with van der Waals surface area (Å²) in [7, 11) is 0. The van der Waals surface area contributed by atoms with E-state index in [1.165, 1.54) is 5.56 Å². The van der Waals surface area contributed by atoms with E-state index < -0.39 is 0 Å². The predicted molar refractivity (Wildman–Crippen MR) is 88.9 cm³/mol. The van der Waals surface area contributed by atoms with E-state index in [2.05, 4.69) is 53.6 Å². The van der Waals surface area contributed by atoms with E-state index in [-0.39, 0.29) is 0 Å². The lowest BCUT2D eigenvalue weighted by atomic mass is 10.0. The number of para-hydroxylation sites is 1. The number of rotatable bonds is 4. The van der Waals surface area contributed by atoms with Gasteiger partial charge in [-0.25, -0.2) is 0 Å². The van der Waals surface area contributed by atoms with Crippen molar-refractivity contribution < 1.29 is 0 Å². The van der Waals surface area contributed by atoms with Crippen LogP contribution in [0.2, 0.25) is 0 Å². The second-order valence-corrected chi connectivity index (χ2v) is 5.90. The summed E-state index contributed by atoms with van der Waals surface area (Å²) in [5, 5.41) is 14.7. The number of nitrogens with one attached hydrogen (secondary N) is 1. The number of benzene rings is 1. The van der Waals surface area contributed by atoms with Gasteiger partial charge in [-0.05, 0) is 31.9 Å². The standard InChI is InChI=1S/C16H18N4S/c1-4-11-7-6-8-12-13(9-10(3)18-14(11)12)15-19-20-16(21-15)17-5-2/h6-9H,4-5H2,1-3H3,(H,17,20). The highest BCUT2D eigenvalue weighted by Gasteiger charge is 2.13. The molecule has 0 unspecified atom stereocenters. The van der Waals surface area contributed by atoms with Crippen molar-refractivity contribution in [2.75, 3.05) is 11.9 Å². The van der Waals surface area contributed by atoms with Gasteiger partial charge in [0, 0.05) is 23.2 Å². The van der Waals surface area contributed by atoms with E-state index in [1.54, 1.807) is 11.3 Å². The first-order valence-electron chi connectivity index (χ1n) is 7.20. The third-order valence-corrected chi connectivity index (χ3v) is 4.33. The first kappa shape index (κ1) is 13.9. The Morgan fingerprint density at radius 2 is 2.05 bits per heavy atom. The van der Waals surface area contributed by atoms with E-state index in [0.29, 0.717) is 0 Å². The van der Waals surface area contributed by atoms with Crippen LogP contribution >= 0.6 is 11.3 Å². The fourth-order valence-electron chi connectivity index (χ4n) is 2.45. The molecule has 0 saturated heterocycles. The second kappa shape index (κ2) is 5.77. The molecule has 0 aliphatic carbocycles. The Kier molecular flexibility index (Phi) is 3.84. The Hall–Kier alpha value is -2.01. The summed E-state index contributed by atoms with van der Waals surface area (Å²) in [6.07, 6.45) is 0.978. The molecule has 0 aliphatic rings. The first-order chi connectivity index (χ1) is 10.2. The van der Waals surface area contributed by atoms with Crippen molar-refractivity contribution in [2.45, 2.75) is 27.2 Å². The van der Waals surface area contributed by atoms with Crippen molar-refractivity contribution in [3.63, 3.8) is 0 Å². The van der Waals surface area contributed by atoms with Gasteiger partial charge in [0.1, 0.15) is 5.01 Å². The smallest absolute Gasteiger partial charge is 0.205 e. The zero-order valence-electron chi connectivity index (χ0n) is 12.5. The number of aryl methyl sites for hydroxylation is 2. The quantitative estimate of drug-likeness (QED) is 0.789. The van der Waals surface area contributed by atoms with Crippen LogP contribution in [0.3, 0.4) is 0 Å². The molecule has 2 heterocycles. The molecular weight excluding hydrogens is 280 g/mol. The van der Waals surface area contributed by atoms with Crippen molar-refractivity contribution in [1.29, 1.82) is 0 Å². The highest BCUT2D eigenvalue weighted by molar-refractivity contribution is 7.18. The molecule has 108 valence electrons. The molecule has 0 fully saturated rings. The van der Waals surface area contributed by atoms with Gasteiger partial charge in [0.25, 0.3) is 0 Å². The molecule has 1 aromatic carbocycles. The topological polar surface area (TPSA) is 50.7 Å². The lowest BCUT2D eigenvalue weighted by molar-refractivity contribution is 1.07. The largest absolute Gasteiger partial charge is 0.360 e. The fourth-order valence-corrected chi connectivity index (χ4v) is 3.29. The maximum Gasteiger partial charge on any atom is 0.205 e. The van der Waals surface area contributed by atoms with Crippen LogP contribution in [0.4, 0.5) is 5.13 Å². The average molecular weight is 298 g/mol. The Morgan fingerprint density at radius 1 is 1.19 bits per heavy atom. The Labute approximate surface area is 128 Å². The van der Waals surface area contributed by atoms with E-state index >= 15 is 0 Å². The number of pyridine rings is 1. The highest BCUT2D eigenvalue weighted by Crippen LogP contribution is 2.33. The normalized spacial score (nSPS) is 11.0. The number of fused-ring (bicyclic) bond motifs is 1. The zero-order chi connectivity index (χ0) is 14.8. The molecule has 0 saturated carbocycles. The molecule has 0 atom stereocenters. The van der Waals surface area contributed by atoms with E-state index in [1.807, 2.05) is 6.92 Å². The van der Waals surface area contributed by atoms with Crippen LogP contribution in [0.1, 0.15) is 25.1 Å². The number of nitrogens with zero attached hydrogens (tertiary/aromatic N) is 3. The van der Waals surface area contributed by atoms with Crippen molar-refractivity contribution >= 4 is 27.4 Å². The highest BCUT2D eigenvalue weighted by atomic mass is 32.1. The fraction of sp³-hybridized carbons (Fsp3) is 0.312. The molecule has 21 heavy (non-hydrogen) atoms. The van der Waals surface area contributed by atoms with Crippen LogP contribution in [0.25, 0.3) is 21.5 Å². The van der Waals surface area contributed by atoms with Gasteiger partial charge in [0.2, 0.25) is 5.13 Å². The Balaban J connectivity index is 2.21. The number of anilines is 1. The lowest BCUT2D eigenvalue weighted by Gasteiger charge is -2.08. The van der Waals surface area contributed by atoms with Crippen LogP contribution in [0.15, 0.2) is 24.3 Å². The monoisotopic (exact) mass is 298 g/mol.